The number of carboxylic acids is 1. The van der Waals surface area contributed by atoms with Crippen molar-refractivity contribution in [2.75, 3.05) is 11.6 Å². The van der Waals surface area contributed by atoms with Gasteiger partial charge in [0.25, 0.3) is 0 Å². The molecule has 0 saturated heterocycles. The molecule has 2 N–H and O–H groups in total. The summed E-state index contributed by atoms with van der Waals surface area (Å²) in [6.07, 6.45) is 1.13. The van der Waals surface area contributed by atoms with E-state index >= 15 is 0 Å². The van der Waals surface area contributed by atoms with Crippen LogP contribution >= 0.6 is 11.5 Å². The molecule has 0 amide bonds. The van der Waals surface area contributed by atoms with Crippen molar-refractivity contribution in [1.82, 2.24) is 4.37 Å². The lowest BCUT2D eigenvalue weighted by Gasteiger charge is -2.05. The highest BCUT2D eigenvalue weighted by atomic mass is 32.2. The second kappa shape index (κ2) is 5.22. The SMILES string of the molecule is Cc1nsc(Nc2ccc(S(C)(=O)=O)cc2)c1C(=O)O. The Kier molecular flexibility index (Phi) is 3.78. The number of rotatable bonds is 4. The van der Waals surface area contributed by atoms with Crippen molar-refractivity contribution >= 4 is 38.0 Å². The Hall–Kier alpha value is -1.93. The summed E-state index contributed by atoms with van der Waals surface area (Å²) in [5.41, 5.74) is 1.17. The van der Waals surface area contributed by atoms with Gasteiger partial charge in [-0.3, -0.25) is 0 Å². The van der Waals surface area contributed by atoms with Crippen LogP contribution in [0.3, 0.4) is 0 Å². The van der Waals surface area contributed by atoms with Gasteiger partial charge in [-0.1, -0.05) is 0 Å². The predicted molar refractivity (Wildman–Crippen MR) is 76.6 cm³/mol. The van der Waals surface area contributed by atoms with E-state index in [1.54, 1.807) is 19.1 Å². The summed E-state index contributed by atoms with van der Waals surface area (Å²) in [5.74, 6) is -1.05. The molecule has 1 heterocycles. The highest BCUT2D eigenvalue weighted by Crippen LogP contribution is 2.28. The second-order valence-electron chi connectivity index (χ2n) is 4.20. The molecule has 2 rings (SSSR count). The van der Waals surface area contributed by atoms with E-state index < -0.39 is 15.8 Å². The number of nitrogens with one attached hydrogen (secondary N) is 1. The molecule has 0 radical (unpaired) electrons. The van der Waals surface area contributed by atoms with Crippen molar-refractivity contribution in [2.24, 2.45) is 0 Å². The summed E-state index contributed by atoms with van der Waals surface area (Å²) < 4.78 is 26.7. The zero-order valence-corrected chi connectivity index (χ0v) is 12.4. The van der Waals surface area contributed by atoms with E-state index in [2.05, 4.69) is 9.69 Å². The van der Waals surface area contributed by atoms with Crippen molar-refractivity contribution in [1.29, 1.82) is 0 Å². The molecule has 0 aliphatic heterocycles. The number of sulfone groups is 1. The zero-order valence-electron chi connectivity index (χ0n) is 10.7. The molecule has 0 atom stereocenters. The van der Waals surface area contributed by atoms with E-state index in [0.717, 1.165) is 17.8 Å². The number of anilines is 2. The van der Waals surface area contributed by atoms with Crippen LogP contribution < -0.4 is 5.32 Å². The number of nitrogens with zero attached hydrogens (tertiary/aromatic N) is 1. The van der Waals surface area contributed by atoms with Crippen molar-refractivity contribution < 1.29 is 18.3 Å². The number of carbonyl (C=O) groups is 1. The Balaban J connectivity index is 2.30. The number of aromatic nitrogens is 1. The summed E-state index contributed by atoms with van der Waals surface area (Å²) in [6.45, 7) is 1.62. The maximum atomic E-state index is 11.3. The van der Waals surface area contributed by atoms with Gasteiger partial charge in [-0.15, -0.1) is 0 Å². The highest BCUT2D eigenvalue weighted by Gasteiger charge is 2.17. The van der Waals surface area contributed by atoms with Crippen LogP contribution in [0.5, 0.6) is 0 Å². The van der Waals surface area contributed by atoms with Gasteiger partial charge in [-0.2, -0.15) is 4.37 Å². The van der Waals surface area contributed by atoms with Crippen LogP contribution in [0, 0.1) is 6.92 Å². The van der Waals surface area contributed by atoms with Crippen molar-refractivity contribution in [3.8, 4) is 0 Å². The van der Waals surface area contributed by atoms with Gasteiger partial charge in [-0.05, 0) is 42.7 Å². The Morgan fingerprint density at radius 3 is 2.40 bits per heavy atom. The molecular formula is C12H12N2O4S2. The largest absolute Gasteiger partial charge is 0.478 e. The van der Waals surface area contributed by atoms with E-state index in [4.69, 9.17) is 5.11 Å². The summed E-state index contributed by atoms with van der Waals surface area (Å²) >= 11 is 1.05. The summed E-state index contributed by atoms with van der Waals surface area (Å²) in [6, 6.07) is 6.09. The van der Waals surface area contributed by atoms with Crippen LogP contribution in [0.4, 0.5) is 10.7 Å². The highest BCUT2D eigenvalue weighted by molar-refractivity contribution is 7.90. The van der Waals surface area contributed by atoms with Gasteiger partial charge in [0.15, 0.2) is 9.84 Å². The van der Waals surface area contributed by atoms with Gasteiger partial charge in [0.05, 0.1) is 10.6 Å². The molecule has 0 unspecified atom stereocenters. The van der Waals surface area contributed by atoms with Gasteiger partial charge in [0.2, 0.25) is 0 Å². The van der Waals surface area contributed by atoms with Crippen LogP contribution in [0.15, 0.2) is 29.2 Å². The van der Waals surface area contributed by atoms with Crippen molar-refractivity contribution in [3.05, 3.63) is 35.5 Å². The normalized spacial score (nSPS) is 11.3. The minimum Gasteiger partial charge on any atom is -0.478 e. The molecule has 0 fully saturated rings. The lowest BCUT2D eigenvalue weighted by molar-refractivity contribution is 0.0697. The third kappa shape index (κ3) is 2.97. The minimum atomic E-state index is -3.24. The summed E-state index contributed by atoms with van der Waals surface area (Å²) in [4.78, 5) is 11.3. The van der Waals surface area contributed by atoms with Crippen molar-refractivity contribution in [3.63, 3.8) is 0 Å². The van der Waals surface area contributed by atoms with E-state index in [-0.39, 0.29) is 10.5 Å². The first-order chi connectivity index (χ1) is 9.29. The number of hydrogen-bond donors (Lipinski definition) is 2. The molecule has 6 nitrogen and oxygen atoms in total. The fourth-order valence-corrected chi connectivity index (χ4v) is 3.06. The van der Waals surface area contributed by atoms with E-state index in [0.29, 0.717) is 16.4 Å². The molecule has 0 saturated carbocycles. The Morgan fingerprint density at radius 2 is 1.90 bits per heavy atom. The molecule has 0 bridgehead atoms. The number of benzene rings is 1. The summed E-state index contributed by atoms with van der Waals surface area (Å²) in [5, 5.41) is 12.5. The molecule has 106 valence electrons. The number of aromatic carboxylic acids is 1. The third-order valence-corrected chi connectivity index (χ3v) is 4.60. The maximum Gasteiger partial charge on any atom is 0.340 e. The van der Waals surface area contributed by atoms with Crippen LogP contribution in [0.25, 0.3) is 0 Å². The van der Waals surface area contributed by atoms with E-state index in [1.807, 2.05) is 0 Å². The fourth-order valence-electron chi connectivity index (χ4n) is 1.62. The second-order valence-corrected chi connectivity index (χ2v) is 6.99. The maximum absolute atomic E-state index is 11.3. The van der Waals surface area contributed by atoms with Crippen LogP contribution in [-0.4, -0.2) is 30.1 Å². The van der Waals surface area contributed by atoms with Gasteiger partial charge in [0.1, 0.15) is 10.6 Å². The smallest absolute Gasteiger partial charge is 0.340 e. The monoisotopic (exact) mass is 312 g/mol. The topological polar surface area (TPSA) is 96.4 Å². The van der Waals surface area contributed by atoms with Crippen LogP contribution in [0.2, 0.25) is 0 Å². The summed E-state index contributed by atoms with van der Waals surface area (Å²) in [7, 11) is -3.24. The fraction of sp³-hybridized carbons (Fsp3) is 0.167. The number of hydrogen-bond acceptors (Lipinski definition) is 6. The molecule has 20 heavy (non-hydrogen) atoms. The zero-order chi connectivity index (χ0) is 14.9. The first kappa shape index (κ1) is 14.5. The average molecular weight is 312 g/mol. The third-order valence-electron chi connectivity index (χ3n) is 2.62. The molecule has 8 heteroatoms. The lowest BCUT2D eigenvalue weighted by atomic mass is 10.2. The molecule has 2 aromatic rings. The Labute approximate surface area is 120 Å². The average Bonchev–Trinajstić information content (AvgIpc) is 2.70. The first-order valence-electron chi connectivity index (χ1n) is 5.56. The van der Waals surface area contributed by atoms with E-state index in [1.165, 1.54) is 12.1 Å². The lowest BCUT2D eigenvalue weighted by Crippen LogP contribution is -2.02. The predicted octanol–water partition coefficient (Wildman–Crippen LogP) is 2.30. The number of aryl methyl sites for hydroxylation is 1. The van der Waals surface area contributed by atoms with Crippen LogP contribution in [-0.2, 0) is 9.84 Å². The molecule has 1 aromatic heterocycles. The van der Waals surface area contributed by atoms with Gasteiger partial charge >= 0.3 is 5.97 Å². The van der Waals surface area contributed by atoms with E-state index in [9.17, 15) is 13.2 Å². The van der Waals surface area contributed by atoms with Crippen molar-refractivity contribution in [2.45, 2.75) is 11.8 Å². The molecule has 0 spiro atoms. The number of carboxylic acid groups (broad SMARTS) is 1. The first-order valence-corrected chi connectivity index (χ1v) is 8.22. The molecule has 0 aliphatic carbocycles. The van der Waals surface area contributed by atoms with Gasteiger partial charge < -0.3 is 10.4 Å². The Morgan fingerprint density at radius 1 is 1.30 bits per heavy atom. The molecular weight excluding hydrogens is 300 g/mol. The minimum absolute atomic E-state index is 0.127. The standard InChI is InChI=1S/C12H12N2O4S2/c1-7-10(12(15)16)11(19-14-7)13-8-3-5-9(6-4-8)20(2,17)18/h3-6,13H,1-2H3,(H,15,16). The molecule has 0 aliphatic rings. The van der Waals surface area contributed by atoms with Gasteiger partial charge in [0, 0.05) is 11.9 Å². The van der Waals surface area contributed by atoms with Gasteiger partial charge in [-0.25, -0.2) is 13.2 Å². The van der Waals surface area contributed by atoms with Crippen LogP contribution in [0.1, 0.15) is 16.1 Å². The molecule has 1 aromatic carbocycles. The Bertz CT molecular complexity index is 748. The quantitative estimate of drug-likeness (QED) is 0.899.